The van der Waals surface area contributed by atoms with Crippen molar-refractivity contribution in [2.24, 2.45) is 0 Å². The van der Waals surface area contributed by atoms with E-state index in [1.807, 2.05) is 24.3 Å². The molecule has 4 rings (SSSR count). The standard InChI is InChI=1S/C19H14N4O5S/c1-27-15-5-3-2-4-13(15)21-19-22-14(9-29-19)11-8-10-6-7-12(20)16(23(25)26)17(10)28-18(11)24/h2-9H,20H2,1H3,(H,21,22). The zero-order valence-electron chi connectivity index (χ0n) is 15.0. The van der Waals surface area contributed by atoms with Crippen LogP contribution in [0.25, 0.3) is 22.2 Å². The van der Waals surface area contributed by atoms with Crippen molar-refractivity contribution >= 4 is 44.5 Å². The molecular weight excluding hydrogens is 396 g/mol. The molecule has 2 aromatic heterocycles. The van der Waals surface area contributed by atoms with E-state index in [2.05, 4.69) is 10.3 Å². The van der Waals surface area contributed by atoms with Gasteiger partial charge in [-0.15, -0.1) is 11.3 Å². The molecular formula is C19H14N4O5S. The minimum Gasteiger partial charge on any atom is -0.495 e. The second kappa shape index (κ2) is 7.24. The summed E-state index contributed by atoms with van der Waals surface area (Å²) in [5.41, 5.74) is 5.57. The molecule has 0 aliphatic heterocycles. The van der Waals surface area contributed by atoms with Crippen LogP contribution in [0.2, 0.25) is 0 Å². The van der Waals surface area contributed by atoms with E-state index < -0.39 is 16.2 Å². The molecule has 29 heavy (non-hydrogen) atoms. The van der Waals surface area contributed by atoms with Gasteiger partial charge >= 0.3 is 11.3 Å². The average Bonchev–Trinajstić information content (AvgIpc) is 3.15. The number of para-hydroxylation sites is 2. The lowest BCUT2D eigenvalue weighted by atomic mass is 10.1. The number of anilines is 3. The van der Waals surface area contributed by atoms with Gasteiger partial charge in [0.1, 0.15) is 11.4 Å². The Morgan fingerprint density at radius 2 is 2.07 bits per heavy atom. The molecule has 3 N–H and O–H groups in total. The number of nitrogens with two attached hydrogens (primary N) is 1. The number of methoxy groups -OCH3 is 1. The molecule has 4 aromatic rings. The molecule has 146 valence electrons. The number of hydrogen-bond donors (Lipinski definition) is 2. The third-order valence-electron chi connectivity index (χ3n) is 4.22. The van der Waals surface area contributed by atoms with Crippen molar-refractivity contribution in [3.8, 4) is 17.0 Å². The van der Waals surface area contributed by atoms with Crippen molar-refractivity contribution in [2.45, 2.75) is 0 Å². The van der Waals surface area contributed by atoms with Gasteiger partial charge in [0.25, 0.3) is 0 Å². The van der Waals surface area contributed by atoms with E-state index in [4.69, 9.17) is 14.9 Å². The van der Waals surface area contributed by atoms with Gasteiger partial charge in [-0.05, 0) is 30.3 Å². The number of nitrogens with zero attached hydrogens (tertiary/aromatic N) is 2. The van der Waals surface area contributed by atoms with E-state index in [-0.39, 0.29) is 16.8 Å². The number of fused-ring (bicyclic) bond motifs is 1. The van der Waals surface area contributed by atoms with Gasteiger partial charge in [-0.25, -0.2) is 9.78 Å². The lowest BCUT2D eigenvalue weighted by Crippen LogP contribution is -2.05. The minimum atomic E-state index is -0.736. The predicted molar refractivity (Wildman–Crippen MR) is 111 cm³/mol. The van der Waals surface area contributed by atoms with Crippen LogP contribution in [0.1, 0.15) is 0 Å². The topological polar surface area (TPSA) is 134 Å². The Hall–Kier alpha value is -3.92. The largest absolute Gasteiger partial charge is 0.495 e. The van der Waals surface area contributed by atoms with E-state index >= 15 is 0 Å². The van der Waals surface area contributed by atoms with Gasteiger partial charge < -0.3 is 20.2 Å². The maximum atomic E-state index is 12.5. The average molecular weight is 410 g/mol. The highest BCUT2D eigenvalue weighted by Crippen LogP contribution is 2.34. The maximum Gasteiger partial charge on any atom is 0.346 e. The number of aromatic nitrogens is 1. The SMILES string of the molecule is COc1ccccc1Nc1nc(-c2cc3ccc(N)c([N+](=O)[O-])c3oc2=O)cs1. The third-order valence-corrected chi connectivity index (χ3v) is 4.98. The summed E-state index contributed by atoms with van der Waals surface area (Å²) >= 11 is 1.30. The van der Waals surface area contributed by atoms with Gasteiger partial charge in [0.05, 0.1) is 29.0 Å². The molecule has 0 saturated heterocycles. The van der Waals surface area contributed by atoms with Crippen molar-refractivity contribution in [3.63, 3.8) is 0 Å². The van der Waals surface area contributed by atoms with Crippen LogP contribution in [0.3, 0.4) is 0 Å². The van der Waals surface area contributed by atoms with Gasteiger partial charge in [0.15, 0.2) is 5.13 Å². The fourth-order valence-corrected chi connectivity index (χ4v) is 3.59. The summed E-state index contributed by atoms with van der Waals surface area (Å²) in [4.78, 5) is 27.5. The van der Waals surface area contributed by atoms with E-state index in [1.165, 1.54) is 23.5 Å². The van der Waals surface area contributed by atoms with Gasteiger partial charge in [0.2, 0.25) is 5.58 Å². The first-order valence-electron chi connectivity index (χ1n) is 8.34. The molecule has 0 fully saturated rings. The van der Waals surface area contributed by atoms with Gasteiger partial charge in [-0.3, -0.25) is 10.1 Å². The highest BCUT2D eigenvalue weighted by atomic mass is 32.1. The molecule has 0 amide bonds. The number of rotatable bonds is 5. The molecule has 10 heteroatoms. The van der Waals surface area contributed by atoms with E-state index in [0.717, 1.165) is 5.69 Å². The Labute approximate surface area is 167 Å². The molecule has 2 heterocycles. The molecule has 2 aromatic carbocycles. The number of hydrogen-bond acceptors (Lipinski definition) is 9. The number of ether oxygens (including phenoxy) is 1. The summed E-state index contributed by atoms with van der Waals surface area (Å²) in [5.74, 6) is 0.652. The molecule has 0 unspecified atom stereocenters. The van der Waals surface area contributed by atoms with Crippen LogP contribution >= 0.6 is 11.3 Å². The van der Waals surface area contributed by atoms with Crippen LogP contribution in [0.15, 0.2) is 57.1 Å². The van der Waals surface area contributed by atoms with E-state index in [9.17, 15) is 14.9 Å². The van der Waals surface area contributed by atoms with E-state index in [1.54, 1.807) is 18.6 Å². The fraction of sp³-hybridized carbons (Fsp3) is 0.0526. The summed E-state index contributed by atoms with van der Waals surface area (Å²) in [7, 11) is 1.57. The highest BCUT2D eigenvalue weighted by Gasteiger charge is 2.21. The summed E-state index contributed by atoms with van der Waals surface area (Å²) < 4.78 is 10.5. The zero-order valence-corrected chi connectivity index (χ0v) is 15.9. The summed E-state index contributed by atoms with van der Waals surface area (Å²) in [6.45, 7) is 0. The van der Waals surface area contributed by atoms with Gasteiger partial charge in [-0.2, -0.15) is 0 Å². The maximum absolute atomic E-state index is 12.5. The molecule has 0 atom stereocenters. The monoisotopic (exact) mass is 410 g/mol. The Kier molecular flexibility index (Phi) is 4.61. The van der Waals surface area contributed by atoms with Crippen LogP contribution in [0.4, 0.5) is 22.2 Å². The van der Waals surface area contributed by atoms with Crippen LogP contribution in [0.5, 0.6) is 5.75 Å². The lowest BCUT2D eigenvalue weighted by Gasteiger charge is -2.08. The second-order valence-electron chi connectivity index (χ2n) is 5.99. The first kappa shape index (κ1) is 18.4. The molecule has 0 bridgehead atoms. The predicted octanol–water partition coefficient (Wildman–Crippen LogP) is 4.16. The third kappa shape index (κ3) is 3.36. The summed E-state index contributed by atoms with van der Waals surface area (Å²) in [5, 5.41) is 17.0. The lowest BCUT2D eigenvalue weighted by molar-refractivity contribution is -0.382. The van der Waals surface area contributed by atoms with E-state index in [0.29, 0.717) is 22.0 Å². The Morgan fingerprint density at radius 1 is 1.28 bits per heavy atom. The smallest absolute Gasteiger partial charge is 0.346 e. The summed E-state index contributed by atoms with van der Waals surface area (Å²) in [6.07, 6.45) is 0. The van der Waals surface area contributed by atoms with Crippen LogP contribution in [-0.4, -0.2) is 17.0 Å². The van der Waals surface area contributed by atoms with Crippen LogP contribution in [-0.2, 0) is 0 Å². The molecule has 0 radical (unpaired) electrons. The minimum absolute atomic E-state index is 0.0737. The van der Waals surface area contributed by atoms with Gasteiger partial charge in [0, 0.05) is 10.8 Å². The first-order valence-corrected chi connectivity index (χ1v) is 9.22. The number of nitrogen functional groups attached to an aromatic ring is 1. The van der Waals surface area contributed by atoms with Crippen molar-refractivity contribution in [1.29, 1.82) is 0 Å². The normalized spacial score (nSPS) is 10.8. The first-order chi connectivity index (χ1) is 14.0. The van der Waals surface area contributed by atoms with Crippen molar-refractivity contribution in [3.05, 3.63) is 68.4 Å². The Morgan fingerprint density at radius 3 is 2.83 bits per heavy atom. The molecule has 0 spiro atoms. The van der Waals surface area contributed by atoms with Crippen molar-refractivity contribution < 1.29 is 14.1 Å². The van der Waals surface area contributed by atoms with Crippen molar-refractivity contribution in [1.82, 2.24) is 4.98 Å². The summed E-state index contributed by atoms with van der Waals surface area (Å²) in [6, 6.07) is 11.8. The highest BCUT2D eigenvalue weighted by molar-refractivity contribution is 7.14. The number of nitro groups is 1. The molecule has 9 nitrogen and oxygen atoms in total. The number of nitrogens with one attached hydrogen (secondary N) is 1. The van der Waals surface area contributed by atoms with Crippen LogP contribution in [0, 0.1) is 10.1 Å². The van der Waals surface area contributed by atoms with Gasteiger partial charge in [-0.1, -0.05) is 12.1 Å². The quantitative estimate of drug-likeness (QED) is 0.217. The number of thiazole rings is 1. The molecule has 0 aliphatic rings. The number of nitro benzene ring substituents is 1. The fourth-order valence-electron chi connectivity index (χ4n) is 2.87. The molecule has 0 saturated carbocycles. The Balaban J connectivity index is 1.74. The van der Waals surface area contributed by atoms with Crippen molar-refractivity contribution in [2.75, 3.05) is 18.2 Å². The van der Waals surface area contributed by atoms with Crippen LogP contribution < -0.4 is 21.4 Å². The second-order valence-corrected chi connectivity index (χ2v) is 6.85. The zero-order chi connectivity index (χ0) is 20.5. The number of benzene rings is 2. The Bertz CT molecular complexity index is 1300. The molecule has 0 aliphatic carbocycles.